The molecule has 2 aromatic rings. The van der Waals surface area contributed by atoms with Gasteiger partial charge >= 0.3 is 0 Å². The highest BCUT2D eigenvalue weighted by atomic mass is 32.2. The Labute approximate surface area is 135 Å². The van der Waals surface area contributed by atoms with Crippen molar-refractivity contribution in [3.05, 3.63) is 54.1 Å². The molecule has 2 atom stereocenters. The molecule has 0 fully saturated rings. The zero-order valence-corrected chi connectivity index (χ0v) is 14.4. The van der Waals surface area contributed by atoms with Crippen LogP contribution in [0.25, 0.3) is 0 Å². The van der Waals surface area contributed by atoms with Gasteiger partial charge in [-0.2, -0.15) is 0 Å². The van der Waals surface area contributed by atoms with Crippen LogP contribution in [0.1, 0.15) is 12.5 Å². The third kappa shape index (κ3) is 4.10. The number of aryl methyl sites for hydroxylation is 1. The highest BCUT2D eigenvalue weighted by Crippen LogP contribution is 2.31. The van der Waals surface area contributed by atoms with E-state index >= 15 is 0 Å². The van der Waals surface area contributed by atoms with Crippen molar-refractivity contribution in [1.29, 1.82) is 0 Å². The first-order valence-electron chi connectivity index (χ1n) is 6.91. The van der Waals surface area contributed by atoms with Crippen LogP contribution in [-0.4, -0.2) is 25.4 Å². The van der Waals surface area contributed by atoms with Crippen molar-refractivity contribution in [3.63, 3.8) is 0 Å². The van der Waals surface area contributed by atoms with Gasteiger partial charge in [0.05, 0.1) is 16.8 Å². The third-order valence-electron chi connectivity index (χ3n) is 3.54. The van der Waals surface area contributed by atoms with Gasteiger partial charge in [0.25, 0.3) is 0 Å². The fourth-order valence-electron chi connectivity index (χ4n) is 2.10. The van der Waals surface area contributed by atoms with E-state index in [-0.39, 0.29) is 4.90 Å². The maximum absolute atomic E-state index is 10.4. The molecule has 2 aromatic carbocycles. The topological polar surface area (TPSA) is 61.6 Å². The fourth-order valence-corrected chi connectivity index (χ4v) is 3.77. The highest BCUT2D eigenvalue weighted by Gasteiger charge is 2.27. The van der Waals surface area contributed by atoms with Crippen LogP contribution in [-0.2, 0) is 10.1 Å². The minimum atomic E-state index is -4.27. The van der Waals surface area contributed by atoms with Gasteiger partial charge in [-0.1, -0.05) is 41.6 Å². The van der Waals surface area contributed by atoms with Crippen molar-refractivity contribution in [3.8, 4) is 0 Å². The molecule has 1 N–H and O–H groups in total. The van der Waals surface area contributed by atoms with Crippen LogP contribution in [0, 0.1) is 6.92 Å². The molecule has 0 aliphatic carbocycles. The van der Waals surface area contributed by atoms with Crippen molar-refractivity contribution in [2.45, 2.75) is 29.0 Å². The van der Waals surface area contributed by atoms with Gasteiger partial charge in [-0.25, -0.2) is 8.42 Å². The number of benzene rings is 2. The summed E-state index contributed by atoms with van der Waals surface area (Å²) in [6, 6.07) is 14.4. The summed E-state index contributed by atoms with van der Waals surface area (Å²) >= 11 is 1.96. The summed E-state index contributed by atoms with van der Waals surface area (Å²) < 4.78 is 31.2. The molecular formula is C16H19NO3S2. The Bertz CT molecular complexity index is 742. The Balaban J connectivity index is 0.000000160. The second-order valence-corrected chi connectivity index (χ2v) is 7.97. The predicted molar refractivity (Wildman–Crippen MR) is 87.4 cm³/mol. The molecular weight excluding hydrogens is 318 g/mol. The number of quaternary nitrogens is 1. The van der Waals surface area contributed by atoms with Crippen LogP contribution in [0.5, 0.6) is 0 Å². The summed E-state index contributed by atoms with van der Waals surface area (Å²) in [5, 5.41) is 0.674. The summed E-state index contributed by atoms with van der Waals surface area (Å²) in [4.78, 5) is 2.78. The number of para-hydroxylation sites is 1. The number of nitrogens with one attached hydrogen (secondary N) is 1. The average Bonchev–Trinajstić information content (AvgIpc) is 2.75. The number of rotatable bonds is 1. The number of fused-ring (bicyclic) bond motifs is 1. The van der Waals surface area contributed by atoms with Crippen molar-refractivity contribution in [2.24, 2.45) is 0 Å². The van der Waals surface area contributed by atoms with Crippen molar-refractivity contribution in [1.82, 2.24) is 0 Å². The first kappa shape index (κ1) is 17.0. The Kier molecular flexibility index (Phi) is 5.28. The largest absolute Gasteiger partial charge is 0.744 e. The first-order valence-corrected chi connectivity index (χ1v) is 9.20. The van der Waals surface area contributed by atoms with Crippen LogP contribution in [0.3, 0.4) is 0 Å². The molecule has 22 heavy (non-hydrogen) atoms. The Hall–Kier alpha value is -1.34. The maximum Gasteiger partial charge on any atom is 0.145 e. The summed E-state index contributed by atoms with van der Waals surface area (Å²) in [6.07, 6.45) is 0. The lowest BCUT2D eigenvalue weighted by molar-refractivity contribution is -0.817. The van der Waals surface area contributed by atoms with E-state index in [1.54, 1.807) is 12.1 Å². The molecule has 0 amide bonds. The van der Waals surface area contributed by atoms with E-state index in [9.17, 15) is 13.0 Å². The smallest absolute Gasteiger partial charge is 0.145 e. The minimum absolute atomic E-state index is 0.178. The quantitative estimate of drug-likeness (QED) is 0.810. The standard InChI is InChI=1S/C9H11NS.C7H8O3S/c1-7-10(2)8-5-3-4-6-9(8)11-7;1-6-2-4-7(5-3-6)11(8,9)10/h3-7H,1-2H3;2-5H,1H3,(H,8,9,10). The van der Waals surface area contributed by atoms with E-state index in [1.165, 1.54) is 27.6 Å². The lowest BCUT2D eigenvalue weighted by atomic mass is 10.2. The van der Waals surface area contributed by atoms with Crippen molar-refractivity contribution in [2.75, 3.05) is 7.05 Å². The van der Waals surface area contributed by atoms with Crippen LogP contribution < -0.4 is 4.90 Å². The molecule has 3 rings (SSSR count). The molecule has 2 unspecified atom stereocenters. The fraction of sp³-hybridized carbons (Fsp3) is 0.250. The van der Waals surface area contributed by atoms with E-state index in [0.717, 1.165) is 5.56 Å². The van der Waals surface area contributed by atoms with Gasteiger partial charge < -0.3 is 4.55 Å². The molecule has 1 aliphatic rings. The maximum atomic E-state index is 10.4. The summed E-state index contributed by atoms with van der Waals surface area (Å²) in [7, 11) is -2.04. The lowest BCUT2D eigenvalue weighted by Gasteiger charge is -2.09. The van der Waals surface area contributed by atoms with E-state index < -0.39 is 10.1 Å². The molecule has 4 nitrogen and oxygen atoms in total. The second kappa shape index (κ2) is 6.83. The average molecular weight is 337 g/mol. The molecule has 0 radical (unpaired) electrons. The van der Waals surface area contributed by atoms with Gasteiger partial charge in [-0.3, -0.25) is 4.90 Å². The Morgan fingerprint density at radius 1 is 1.09 bits per heavy atom. The summed E-state index contributed by atoms with van der Waals surface area (Å²) in [6.45, 7) is 4.08. The van der Waals surface area contributed by atoms with Gasteiger partial charge in [-0.15, -0.1) is 0 Å². The Morgan fingerprint density at radius 2 is 1.68 bits per heavy atom. The summed E-state index contributed by atoms with van der Waals surface area (Å²) in [5.41, 5.74) is 2.38. The van der Waals surface area contributed by atoms with Gasteiger partial charge in [0.15, 0.2) is 0 Å². The molecule has 6 heteroatoms. The third-order valence-corrected chi connectivity index (χ3v) is 5.70. The predicted octanol–water partition coefficient (Wildman–Crippen LogP) is 2.18. The monoisotopic (exact) mass is 337 g/mol. The second-order valence-electron chi connectivity index (χ2n) is 5.21. The van der Waals surface area contributed by atoms with Crippen molar-refractivity contribution < 1.29 is 17.9 Å². The SMILES string of the molecule is CC1Sc2ccccc2[NH+]1C.Cc1ccc(S(=O)(=O)[O-])cc1. The number of hydrogen-bond donors (Lipinski definition) is 1. The molecule has 0 saturated heterocycles. The molecule has 0 spiro atoms. The van der Waals surface area contributed by atoms with E-state index in [2.05, 4.69) is 38.2 Å². The Morgan fingerprint density at radius 3 is 2.23 bits per heavy atom. The normalized spacial score (nSPS) is 20.0. The molecule has 0 aromatic heterocycles. The van der Waals surface area contributed by atoms with Gasteiger partial charge in [0.2, 0.25) is 0 Å². The van der Waals surface area contributed by atoms with Crippen LogP contribution in [0.4, 0.5) is 5.69 Å². The van der Waals surface area contributed by atoms with Crippen LogP contribution in [0.15, 0.2) is 58.3 Å². The van der Waals surface area contributed by atoms with Gasteiger partial charge in [0.1, 0.15) is 21.2 Å². The van der Waals surface area contributed by atoms with E-state index in [1.807, 2.05) is 18.7 Å². The zero-order valence-electron chi connectivity index (χ0n) is 12.7. The van der Waals surface area contributed by atoms with E-state index in [0.29, 0.717) is 5.37 Å². The molecule has 1 heterocycles. The van der Waals surface area contributed by atoms with Crippen molar-refractivity contribution >= 4 is 27.6 Å². The van der Waals surface area contributed by atoms with Crippen LogP contribution >= 0.6 is 11.8 Å². The highest BCUT2D eigenvalue weighted by molar-refractivity contribution is 8.00. The van der Waals surface area contributed by atoms with Crippen LogP contribution in [0.2, 0.25) is 0 Å². The molecule has 0 bridgehead atoms. The number of hydrogen-bond acceptors (Lipinski definition) is 4. The molecule has 0 saturated carbocycles. The molecule has 1 aliphatic heterocycles. The minimum Gasteiger partial charge on any atom is -0.744 e. The zero-order chi connectivity index (χ0) is 16.3. The van der Waals surface area contributed by atoms with Gasteiger partial charge in [0, 0.05) is 6.07 Å². The first-order chi connectivity index (χ1) is 10.3. The lowest BCUT2D eigenvalue weighted by Crippen LogP contribution is -3.05. The van der Waals surface area contributed by atoms with E-state index in [4.69, 9.17) is 0 Å². The van der Waals surface area contributed by atoms with Gasteiger partial charge in [-0.05, 0) is 32.0 Å². The molecule has 118 valence electrons. The summed E-state index contributed by atoms with van der Waals surface area (Å²) in [5.74, 6) is 0. The number of thioether (sulfide) groups is 1.